The Kier molecular flexibility index (Phi) is 3.94. The van der Waals surface area contributed by atoms with Crippen molar-refractivity contribution in [2.75, 3.05) is 11.4 Å². The Morgan fingerprint density at radius 2 is 2.08 bits per heavy atom. The van der Waals surface area contributed by atoms with E-state index in [1.54, 1.807) is 31.0 Å². The van der Waals surface area contributed by atoms with E-state index in [4.69, 9.17) is 0 Å². The van der Waals surface area contributed by atoms with Crippen LogP contribution in [-0.2, 0) is 6.42 Å². The van der Waals surface area contributed by atoms with Gasteiger partial charge < -0.3 is 4.90 Å². The zero-order valence-electron chi connectivity index (χ0n) is 13.2. The molecule has 4 rings (SSSR count). The van der Waals surface area contributed by atoms with Crippen molar-refractivity contribution < 1.29 is 4.39 Å². The fourth-order valence-corrected chi connectivity index (χ4v) is 3.32. The molecule has 1 atom stereocenters. The fourth-order valence-electron chi connectivity index (χ4n) is 3.32. The van der Waals surface area contributed by atoms with Gasteiger partial charge in [0.1, 0.15) is 30.1 Å². The lowest BCUT2D eigenvalue weighted by Gasteiger charge is -2.26. The molecule has 122 valence electrons. The molecule has 0 saturated carbocycles. The van der Waals surface area contributed by atoms with E-state index in [1.165, 1.54) is 6.07 Å². The van der Waals surface area contributed by atoms with Gasteiger partial charge in [0.05, 0.1) is 0 Å². The normalized spacial score (nSPS) is 17.4. The van der Waals surface area contributed by atoms with Crippen LogP contribution in [0.4, 0.5) is 10.2 Å². The molecule has 1 aromatic carbocycles. The van der Waals surface area contributed by atoms with E-state index in [9.17, 15) is 4.39 Å². The molecule has 3 aromatic rings. The number of hydrogen-bond acceptors (Lipinski definition) is 4. The number of hydrogen-bond donors (Lipinski definition) is 0. The molecule has 0 N–H and O–H groups in total. The zero-order valence-corrected chi connectivity index (χ0v) is 13.2. The van der Waals surface area contributed by atoms with Gasteiger partial charge in [-0.1, -0.05) is 12.1 Å². The monoisotopic (exact) mass is 323 g/mol. The van der Waals surface area contributed by atoms with E-state index in [0.717, 1.165) is 43.0 Å². The average Bonchev–Trinajstić information content (AvgIpc) is 3.27. The average molecular weight is 323 g/mol. The van der Waals surface area contributed by atoms with Crippen LogP contribution in [0.3, 0.4) is 0 Å². The van der Waals surface area contributed by atoms with E-state index < -0.39 is 0 Å². The summed E-state index contributed by atoms with van der Waals surface area (Å²) in [5, 5.41) is 0. The lowest BCUT2D eigenvalue weighted by molar-refractivity contribution is 0.617. The van der Waals surface area contributed by atoms with Crippen LogP contribution in [0.1, 0.15) is 18.4 Å². The molecule has 24 heavy (non-hydrogen) atoms. The minimum absolute atomic E-state index is 0.179. The number of halogens is 1. The van der Waals surface area contributed by atoms with Gasteiger partial charge in [0, 0.05) is 31.0 Å². The van der Waals surface area contributed by atoms with Gasteiger partial charge in [0.2, 0.25) is 0 Å². The molecular weight excluding hydrogens is 305 g/mol. The predicted molar refractivity (Wildman–Crippen MR) is 89.6 cm³/mol. The highest BCUT2D eigenvalue weighted by molar-refractivity contribution is 5.46. The topological polar surface area (TPSA) is 46.8 Å². The van der Waals surface area contributed by atoms with E-state index in [0.29, 0.717) is 6.04 Å². The molecule has 0 spiro atoms. The zero-order chi connectivity index (χ0) is 16.4. The van der Waals surface area contributed by atoms with Crippen molar-refractivity contribution >= 4 is 5.82 Å². The highest BCUT2D eigenvalue weighted by Crippen LogP contribution is 2.27. The molecule has 5 nitrogen and oxygen atoms in total. The lowest BCUT2D eigenvalue weighted by Crippen LogP contribution is -2.31. The van der Waals surface area contributed by atoms with Crippen molar-refractivity contribution in [2.24, 2.45) is 0 Å². The van der Waals surface area contributed by atoms with Crippen molar-refractivity contribution in [1.29, 1.82) is 0 Å². The highest BCUT2D eigenvalue weighted by atomic mass is 19.1. The maximum atomic E-state index is 13.4. The SMILES string of the molecule is Fc1cccc(C[C@@H]2CCCN2c2cc(-n3ccnc3)ncn2)c1. The van der Waals surface area contributed by atoms with Gasteiger partial charge in [0.15, 0.2) is 0 Å². The molecule has 1 fully saturated rings. The summed E-state index contributed by atoms with van der Waals surface area (Å²) >= 11 is 0. The second-order valence-electron chi connectivity index (χ2n) is 6.03. The summed E-state index contributed by atoms with van der Waals surface area (Å²) < 4.78 is 15.3. The Hall–Kier alpha value is -2.76. The van der Waals surface area contributed by atoms with Gasteiger partial charge in [-0.15, -0.1) is 0 Å². The summed E-state index contributed by atoms with van der Waals surface area (Å²) in [5.74, 6) is 1.53. The summed E-state index contributed by atoms with van der Waals surface area (Å²) in [6.45, 7) is 0.959. The van der Waals surface area contributed by atoms with Crippen LogP contribution >= 0.6 is 0 Å². The Balaban J connectivity index is 1.57. The van der Waals surface area contributed by atoms with Crippen LogP contribution in [0, 0.1) is 5.82 Å². The van der Waals surface area contributed by atoms with Crippen LogP contribution in [0.2, 0.25) is 0 Å². The summed E-state index contributed by atoms with van der Waals surface area (Å²) in [4.78, 5) is 15.1. The molecule has 6 heteroatoms. The highest BCUT2D eigenvalue weighted by Gasteiger charge is 2.26. The van der Waals surface area contributed by atoms with E-state index in [2.05, 4.69) is 19.9 Å². The van der Waals surface area contributed by atoms with E-state index in [1.807, 2.05) is 22.9 Å². The minimum atomic E-state index is -0.179. The predicted octanol–water partition coefficient (Wildman–Crippen LogP) is 3.01. The Labute approximate surface area is 139 Å². The summed E-state index contributed by atoms with van der Waals surface area (Å²) in [6.07, 6.45) is 9.92. The second kappa shape index (κ2) is 6.39. The first-order chi connectivity index (χ1) is 11.8. The Morgan fingerprint density at radius 3 is 2.92 bits per heavy atom. The fraction of sp³-hybridized carbons (Fsp3) is 0.278. The number of nitrogens with zero attached hydrogens (tertiary/aromatic N) is 5. The van der Waals surface area contributed by atoms with Crippen molar-refractivity contribution in [3.05, 3.63) is 66.8 Å². The van der Waals surface area contributed by atoms with Crippen molar-refractivity contribution in [3.63, 3.8) is 0 Å². The summed E-state index contributed by atoms with van der Waals surface area (Å²) in [7, 11) is 0. The maximum Gasteiger partial charge on any atom is 0.143 e. The van der Waals surface area contributed by atoms with Gasteiger partial charge in [0.25, 0.3) is 0 Å². The first kappa shape index (κ1) is 14.8. The smallest absolute Gasteiger partial charge is 0.143 e. The molecule has 0 aliphatic carbocycles. The second-order valence-corrected chi connectivity index (χ2v) is 6.03. The maximum absolute atomic E-state index is 13.4. The third kappa shape index (κ3) is 2.99. The molecule has 0 bridgehead atoms. The van der Waals surface area contributed by atoms with Crippen LogP contribution in [0.5, 0.6) is 0 Å². The standard InChI is InChI=1S/C18H18FN5/c19-15-4-1-3-14(9-15)10-16-5-2-7-24(16)18-11-17(21-12-22-18)23-8-6-20-13-23/h1,3-4,6,8-9,11-13,16H,2,5,7,10H2/t16-/m0/s1. The van der Waals surface area contributed by atoms with Crippen LogP contribution in [0.15, 0.2) is 55.4 Å². The number of rotatable bonds is 4. The quantitative estimate of drug-likeness (QED) is 0.740. The van der Waals surface area contributed by atoms with Crippen LogP contribution in [-0.4, -0.2) is 32.1 Å². The van der Waals surface area contributed by atoms with Crippen molar-refractivity contribution in [3.8, 4) is 5.82 Å². The molecule has 3 heterocycles. The van der Waals surface area contributed by atoms with Gasteiger partial charge in [-0.3, -0.25) is 4.57 Å². The third-order valence-electron chi connectivity index (χ3n) is 4.44. The first-order valence-corrected chi connectivity index (χ1v) is 8.11. The first-order valence-electron chi connectivity index (χ1n) is 8.11. The van der Waals surface area contributed by atoms with E-state index >= 15 is 0 Å². The van der Waals surface area contributed by atoms with Crippen molar-refractivity contribution in [1.82, 2.24) is 19.5 Å². The minimum Gasteiger partial charge on any atom is -0.353 e. The number of aromatic nitrogens is 4. The molecule has 1 aliphatic heterocycles. The Bertz CT molecular complexity index is 818. The molecular formula is C18H18FN5. The molecule has 2 aromatic heterocycles. The van der Waals surface area contributed by atoms with Crippen molar-refractivity contribution in [2.45, 2.75) is 25.3 Å². The number of anilines is 1. The summed E-state index contributed by atoms with van der Waals surface area (Å²) in [6, 6.07) is 9.16. The Morgan fingerprint density at radius 1 is 1.17 bits per heavy atom. The molecule has 1 saturated heterocycles. The largest absolute Gasteiger partial charge is 0.353 e. The van der Waals surface area contributed by atoms with Crippen LogP contribution in [0.25, 0.3) is 5.82 Å². The van der Waals surface area contributed by atoms with E-state index in [-0.39, 0.29) is 5.82 Å². The van der Waals surface area contributed by atoms with Gasteiger partial charge in [-0.2, -0.15) is 0 Å². The van der Waals surface area contributed by atoms with Gasteiger partial charge in [-0.25, -0.2) is 19.3 Å². The van der Waals surface area contributed by atoms with Gasteiger partial charge in [-0.05, 0) is 37.0 Å². The van der Waals surface area contributed by atoms with Crippen LogP contribution < -0.4 is 4.90 Å². The molecule has 0 unspecified atom stereocenters. The number of benzene rings is 1. The molecule has 1 aliphatic rings. The number of imidazole rings is 1. The van der Waals surface area contributed by atoms with Gasteiger partial charge >= 0.3 is 0 Å². The molecule has 0 amide bonds. The molecule has 0 radical (unpaired) electrons. The summed E-state index contributed by atoms with van der Waals surface area (Å²) in [5.41, 5.74) is 1.02. The lowest BCUT2D eigenvalue weighted by atomic mass is 10.0. The third-order valence-corrected chi connectivity index (χ3v) is 4.44.